The zero-order valence-electron chi connectivity index (χ0n) is 7.81. The van der Waals surface area contributed by atoms with Gasteiger partial charge in [0.15, 0.2) is 11.6 Å². The molecule has 1 aliphatic heterocycles. The number of nitrogens with two attached hydrogens (primary N) is 1. The molecule has 0 saturated carbocycles. The van der Waals surface area contributed by atoms with Gasteiger partial charge in [-0.1, -0.05) is 0 Å². The number of aromatic hydroxyl groups is 1. The summed E-state index contributed by atoms with van der Waals surface area (Å²) < 4.78 is 5.23. The van der Waals surface area contributed by atoms with E-state index in [0.717, 1.165) is 18.9 Å². The second-order valence-electron chi connectivity index (χ2n) is 3.17. The fourth-order valence-electron chi connectivity index (χ4n) is 1.43. The number of nitrogens with zero attached hydrogens (tertiary/aromatic N) is 2. The number of pyridine rings is 1. The van der Waals surface area contributed by atoms with Gasteiger partial charge in [0.2, 0.25) is 0 Å². The minimum absolute atomic E-state index is 0.0296. The zero-order chi connectivity index (χ0) is 9.97. The maximum atomic E-state index is 9.21. The van der Waals surface area contributed by atoms with Crippen molar-refractivity contribution in [3.05, 3.63) is 12.1 Å². The first-order chi connectivity index (χ1) is 6.77. The van der Waals surface area contributed by atoms with Gasteiger partial charge in [0.1, 0.15) is 5.82 Å². The third-order valence-corrected chi connectivity index (χ3v) is 2.22. The Labute approximate surface area is 82.1 Å². The molecule has 3 N–H and O–H groups in total. The molecule has 1 fully saturated rings. The highest BCUT2D eigenvalue weighted by Crippen LogP contribution is 2.21. The van der Waals surface area contributed by atoms with Crippen LogP contribution >= 0.6 is 0 Å². The van der Waals surface area contributed by atoms with Crippen LogP contribution in [-0.4, -0.2) is 36.4 Å². The fourth-order valence-corrected chi connectivity index (χ4v) is 1.43. The van der Waals surface area contributed by atoms with Crippen molar-refractivity contribution in [3.8, 4) is 5.75 Å². The van der Waals surface area contributed by atoms with Crippen molar-refractivity contribution in [2.45, 2.75) is 0 Å². The molecule has 5 nitrogen and oxygen atoms in total. The first-order valence-corrected chi connectivity index (χ1v) is 4.55. The largest absolute Gasteiger partial charge is 0.504 e. The average Bonchev–Trinajstić information content (AvgIpc) is 2.23. The molecule has 1 aliphatic rings. The lowest BCUT2D eigenvalue weighted by molar-refractivity contribution is 0.122. The van der Waals surface area contributed by atoms with Gasteiger partial charge in [-0.15, -0.1) is 0 Å². The summed E-state index contributed by atoms with van der Waals surface area (Å²) >= 11 is 0. The molecule has 0 spiro atoms. The summed E-state index contributed by atoms with van der Waals surface area (Å²) in [4.78, 5) is 6.18. The predicted molar refractivity (Wildman–Crippen MR) is 53.3 cm³/mol. The van der Waals surface area contributed by atoms with Crippen molar-refractivity contribution < 1.29 is 9.84 Å². The van der Waals surface area contributed by atoms with Crippen molar-refractivity contribution in [2.24, 2.45) is 0 Å². The summed E-state index contributed by atoms with van der Waals surface area (Å²) in [6.07, 6.45) is 0. The molecular weight excluding hydrogens is 182 g/mol. The standard InChI is InChI=1S/C9H13N3O2/c10-9-7(13)1-2-8(11-9)12-3-5-14-6-4-12/h1-2,13H,3-6H2,(H2,10,11). The first-order valence-electron chi connectivity index (χ1n) is 4.55. The maximum Gasteiger partial charge on any atom is 0.168 e. The van der Waals surface area contributed by atoms with E-state index < -0.39 is 0 Å². The van der Waals surface area contributed by atoms with Crippen LogP contribution in [0.15, 0.2) is 12.1 Å². The van der Waals surface area contributed by atoms with Crippen molar-refractivity contribution in [2.75, 3.05) is 36.9 Å². The molecule has 0 unspecified atom stereocenters. The van der Waals surface area contributed by atoms with Gasteiger partial charge in [-0.3, -0.25) is 0 Å². The van der Waals surface area contributed by atoms with Gasteiger partial charge in [-0.05, 0) is 12.1 Å². The summed E-state index contributed by atoms with van der Waals surface area (Å²) in [6.45, 7) is 3.05. The molecular formula is C9H13N3O2. The van der Waals surface area contributed by atoms with E-state index in [-0.39, 0.29) is 11.6 Å². The van der Waals surface area contributed by atoms with Gasteiger partial charge >= 0.3 is 0 Å². The van der Waals surface area contributed by atoms with Crippen LogP contribution in [0.3, 0.4) is 0 Å². The number of aromatic nitrogens is 1. The van der Waals surface area contributed by atoms with Crippen molar-refractivity contribution >= 4 is 11.6 Å². The summed E-state index contributed by atoms with van der Waals surface area (Å²) in [6, 6.07) is 3.32. The predicted octanol–water partition coefficient (Wildman–Crippen LogP) is 0.206. The van der Waals surface area contributed by atoms with Gasteiger partial charge in [-0.2, -0.15) is 0 Å². The molecule has 2 heterocycles. The van der Waals surface area contributed by atoms with Crippen molar-refractivity contribution in [3.63, 3.8) is 0 Å². The second-order valence-corrected chi connectivity index (χ2v) is 3.17. The number of ether oxygens (including phenoxy) is 1. The van der Waals surface area contributed by atoms with E-state index in [0.29, 0.717) is 13.2 Å². The smallest absolute Gasteiger partial charge is 0.168 e. The SMILES string of the molecule is Nc1nc(N2CCOCC2)ccc1O. The van der Waals surface area contributed by atoms with E-state index in [2.05, 4.69) is 9.88 Å². The molecule has 0 amide bonds. The van der Waals surface area contributed by atoms with Gasteiger partial charge in [0.05, 0.1) is 13.2 Å². The first kappa shape index (κ1) is 9.08. The van der Waals surface area contributed by atoms with Crippen molar-refractivity contribution in [1.29, 1.82) is 0 Å². The van der Waals surface area contributed by atoms with E-state index in [1.165, 1.54) is 0 Å². The Hall–Kier alpha value is -1.49. The maximum absolute atomic E-state index is 9.21. The fraction of sp³-hybridized carbons (Fsp3) is 0.444. The number of nitrogen functional groups attached to an aromatic ring is 1. The Balaban J connectivity index is 2.18. The van der Waals surface area contributed by atoms with Crippen molar-refractivity contribution in [1.82, 2.24) is 4.98 Å². The lowest BCUT2D eigenvalue weighted by Gasteiger charge is -2.27. The summed E-state index contributed by atoms with van der Waals surface area (Å²) in [5.74, 6) is 1.000. The average molecular weight is 195 g/mol. The Kier molecular flexibility index (Phi) is 2.41. The molecule has 76 valence electrons. The highest BCUT2D eigenvalue weighted by Gasteiger charge is 2.13. The molecule has 0 aliphatic carbocycles. The molecule has 0 radical (unpaired) electrons. The van der Waals surface area contributed by atoms with E-state index in [9.17, 15) is 5.11 Å². The Bertz CT molecular complexity index is 324. The lowest BCUT2D eigenvalue weighted by atomic mass is 10.3. The Morgan fingerprint density at radius 1 is 1.36 bits per heavy atom. The molecule has 0 atom stereocenters. The van der Waals surface area contributed by atoms with Gasteiger partial charge in [0, 0.05) is 13.1 Å². The minimum Gasteiger partial charge on any atom is -0.504 e. The highest BCUT2D eigenvalue weighted by atomic mass is 16.5. The van der Waals surface area contributed by atoms with Gasteiger partial charge < -0.3 is 20.5 Å². The molecule has 14 heavy (non-hydrogen) atoms. The molecule has 2 rings (SSSR count). The lowest BCUT2D eigenvalue weighted by Crippen LogP contribution is -2.36. The second kappa shape index (κ2) is 3.71. The monoisotopic (exact) mass is 195 g/mol. The van der Waals surface area contributed by atoms with Crippen LogP contribution in [0.5, 0.6) is 5.75 Å². The number of anilines is 2. The van der Waals surface area contributed by atoms with E-state index in [1.54, 1.807) is 12.1 Å². The van der Waals surface area contributed by atoms with Gasteiger partial charge in [0.25, 0.3) is 0 Å². The van der Waals surface area contributed by atoms with Crippen LogP contribution in [0.1, 0.15) is 0 Å². The van der Waals surface area contributed by atoms with E-state index in [1.807, 2.05) is 0 Å². The minimum atomic E-state index is 0.0296. The van der Waals surface area contributed by atoms with Crippen LogP contribution in [-0.2, 0) is 4.74 Å². The molecule has 5 heteroatoms. The Morgan fingerprint density at radius 2 is 2.07 bits per heavy atom. The number of hydrogen-bond donors (Lipinski definition) is 2. The zero-order valence-corrected chi connectivity index (χ0v) is 7.81. The number of rotatable bonds is 1. The van der Waals surface area contributed by atoms with Crippen LogP contribution in [0, 0.1) is 0 Å². The van der Waals surface area contributed by atoms with E-state index in [4.69, 9.17) is 10.5 Å². The summed E-state index contributed by atoms with van der Waals surface area (Å²) in [5.41, 5.74) is 5.51. The molecule has 0 aromatic carbocycles. The highest BCUT2D eigenvalue weighted by molar-refractivity contribution is 5.53. The molecule has 0 bridgehead atoms. The van der Waals surface area contributed by atoms with Gasteiger partial charge in [-0.25, -0.2) is 4.98 Å². The molecule has 1 aromatic heterocycles. The number of hydrogen-bond acceptors (Lipinski definition) is 5. The summed E-state index contributed by atoms with van der Waals surface area (Å²) in [7, 11) is 0. The molecule has 1 aromatic rings. The number of morpholine rings is 1. The van der Waals surface area contributed by atoms with Crippen LogP contribution in [0.2, 0.25) is 0 Å². The third kappa shape index (κ3) is 1.72. The summed E-state index contributed by atoms with van der Waals surface area (Å²) in [5, 5.41) is 9.21. The normalized spacial score (nSPS) is 17.0. The van der Waals surface area contributed by atoms with E-state index >= 15 is 0 Å². The Morgan fingerprint density at radius 3 is 2.71 bits per heavy atom. The van der Waals surface area contributed by atoms with Crippen LogP contribution in [0.4, 0.5) is 11.6 Å². The quantitative estimate of drug-likeness (QED) is 0.670. The van der Waals surface area contributed by atoms with Crippen LogP contribution < -0.4 is 10.6 Å². The topological polar surface area (TPSA) is 71.6 Å². The molecule has 1 saturated heterocycles. The van der Waals surface area contributed by atoms with Crippen LogP contribution in [0.25, 0.3) is 0 Å². The third-order valence-electron chi connectivity index (χ3n) is 2.22.